The zero-order valence-corrected chi connectivity index (χ0v) is 11.2. The van der Waals surface area contributed by atoms with Crippen LogP contribution in [-0.4, -0.2) is 10.7 Å². The summed E-state index contributed by atoms with van der Waals surface area (Å²) in [4.78, 5) is 3.96. The fourth-order valence-corrected chi connectivity index (χ4v) is 1.88. The summed E-state index contributed by atoms with van der Waals surface area (Å²) in [5.74, 6) is 0. The van der Waals surface area contributed by atoms with Crippen molar-refractivity contribution in [2.45, 2.75) is 6.92 Å². The number of hydrogen-bond acceptors (Lipinski definition) is 3. The van der Waals surface area contributed by atoms with Gasteiger partial charge >= 0.3 is 0 Å². The number of rotatable bonds is 3. The molecule has 0 bridgehead atoms. The minimum Gasteiger partial charge on any atom is -0.275 e. The minimum absolute atomic E-state index is 0.536. The van der Waals surface area contributed by atoms with E-state index in [2.05, 4.69) is 15.5 Å². The van der Waals surface area contributed by atoms with Crippen molar-refractivity contribution in [3.8, 4) is 0 Å². The molecule has 92 valence electrons. The van der Waals surface area contributed by atoms with Gasteiger partial charge < -0.3 is 0 Å². The number of nitrogens with one attached hydrogen (secondary N) is 1. The molecule has 2 aromatic rings. The van der Waals surface area contributed by atoms with Crippen LogP contribution in [0.5, 0.6) is 0 Å². The lowest BCUT2D eigenvalue weighted by Crippen LogP contribution is -2.00. The topological polar surface area (TPSA) is 37.3 Å². The summed E-state index contributed by atoms with van der Waals surface area (Å²) in [6.07, 6.45) is 3.44. The van der Waals surface area contributed by atoms with Gasteiger partial charge in [0.2, 0.25) is 0 Å². The van der Waals surface area contributed by atoms with Crippen molar-refractivity contribution in [2.24, 2.45) is 5.10 Å². The lowest BCUT2D eigenvalue weighted by atomic mass is 10.2. The van der Waals surface area contributed by atoms with E-state index in [4.69, 9.17) is 23.2 Å². The third kappa shape index (κ3) is 3.00. The molecule has 0 aliphatic heterocycles. The SMILES string of the molecule is C/C(=N/Nc1c(Cl)cccc1Cl)c1ccncc1. The van der Waals surface area contributed by atoms with Gasteiger partial charge in [-0.2, -0.15) is 5.10 Å². The Morgan fingerprint density at radius 1 is 1.11 bits per heavy atom. The maximum absolute atomic E-state index is 6.03. The molecule has 5 heteroatoms. The summed E-state index contributed by atoms with van der Waals surface area (Å²) in [6.45, 7) is 1.90. The van der Waals surface area contributed by atoms with Crippen LogP contribution in [0, 0.1) is 0 Å². The first-order valence-corrected chi connectivity index (χ1v) is 6.09. The molecule has 18 heavy (non-hydrogen) atoms. The third-order valence-electron chi connectivity index (χ3n) is 2.40. The average molecular weight is 280 g/mol. The molecule has 0 unspecified atom stereocenters. The molecule has 1 aromatic carbocycles. The fraction of sp³-hybridized carbons (Fsp3) is 0.0769. The summed E-state index contributed by atoms with van der Waals surface area (Å²) in [5.41, 5.74) is 5.30. The smallest absolute Gasteiger partial charge is 0.0934 e. The van der Waals surface area contributed by atoms with Crippen LogP contribution in [0.4, 0.5) is 5.69 Å². The van der Waals surface area contributed by atoms with E-state index in [1.165, 1.54) is 0 Å². The molecule has 2 rings (SSSR count). The highest BCUT2D eigenvalue weighted by Gasteiger charge is 2.04. The lowest BCUT2D eigenvalue weighted by Gasteiger charge is -2.07. The van der Waals surface area contributed by atoms with E-state index in [0.717, 1.165) is 11.3 Å². The maximum atomic E-state index is 6.03. The normalized spacial score (nSPS) is 11.4. The third-order valence-corrected chi connectivity index (χ3v) is 3.03. The molecule has 0 spiro atoms. The zero-order chi connectivity index (χ0) is 13.0. The Balaban J connectivity index is 2.21. The molecule has 0 fully saturated rings. The molecule has 0 aliphatic carbocycles. The Kier molecular flexibility index (Phi) is 4.18. The maximum Gasteiger partial charge on any atom is 0.0934 e. The van der Waals surface area contributed by atoms with Crippen molar-refractivity contribution in [3.05, 3.63) is 58.3 Å². The van der Waals surface area contributed by atoms with Gasteiger partial charge in [-0.15, -0.1) is 0 Å². The second-order valence-electron chi connectivity index (χ2n) is 3.64. The van der Waals surface area contributed by atoms with Crippen LogP contribution in [0.2, 0.25) is 10.0 Å². The Bertz CT molecular complexity index is 547. The second kappa shape index (κ2) is 5.85. The van der Waals surface area contributed by atoms with E-state index in [0.29, 0.717) is 15.7 Å². The number of anilines is 1. The number of para-hydroxylation sites is 1. The van der Waals surface area contributed by atoms with E-state index in [1.807, 2.05) is 19.1 Å². The van der Waals surface area contributed by atoms with Gasteiger partial charge in [0, 0.05) is 18.0 Å². The van der Waals surface area contributed by atoms with E-state index in [-0.39, 0.29) is 0 Å². The number of hydrazone groups is 1. The largest absolute Gasteiger partial charge is 0.275 e. The van der Waals surface area contributed by atoms with Gasteiger partial charge in [-0.05, 0) is 31.2 Å². The van der Waals surface area contributed by atoms with Crippen LogP contribution in [0.15, 0.2) is 47.8 Å². The first kappa shape index (κ1) is 12.9. The van der Waals surface area contributed by atoms with Gasteiger partial charge in [-0.1, -0.05) is 29.3 Å². The summed E-state index contributed by atoms with van der Waals surface area (Å²) in [7, 11) is 0. The summed E-state index contributed by atoms with van der Waals surface area (Å²) < 4.78 is 0. The molecular formula is C13H11Cl2N3. The lowest BCUT2D eigenvalue weighted by molar-refractivity contribution is 1.29. The second-order valence-corrected chi connectivity index (χ2v) is 4.46. The van der Waals surface area contributed by atoms with Crippen molar-refractivity contribution in [2.75, 3.05) is 5.43 Å². The zero-order valence-electron chi connectivity index (χ0n) is 9.69. The van der Waals surface area contributed by atoms with Crippen LogP contribution in [0.25, 0.3) is 0 Å². The molecule has 0 saturated carbocycles. The van der Waals surface area contributed by atoms with Crippen molar-refractivity contribution in [1.82, 2.24) is 4.98 Å². The monoisotopic (exact) mass is 279 g/mol. The number of aromatic nitrogens is 1. The number of pyridine rings is 1. The highest BCUT2D eigenvalue weighted by molar-refractivity contribution is 6.39. The number of nitrogens with zero attached hydrogens (tertiary/aromatic N) is 2. The van der Waals surface area contributed by atoms with Crippen LogP contribution in [0.3, 0.4) is 0 Å². The highest BCUT2D eigenvalue weighted by atomic mass is 35.5. The predicted molar refractivity (Wildman–Crippen MR) is 76.5 cm³/mol. The highest BCUT2D eigenvalue weighted by Crippen LogP contribution is 2.29. The van der Waals surface area contributed by atoms with Crippen molar-refractivity contribution in [3.63, 3.8) is 0 Å². The van der Waals surface area contributed by atoms with E-state index in [9.17, 15) is 0 Å². The van der Waals surface area contributed by atoms with Crippen LogP contribution in [-0.2, 0) is 0 Å². The van der Waals surface area contributed by atoms with Crippen LogP contribution < -0.4 is 5.43 Å². The van der Waals surface area contributed by atoms with E-state index < -0.39 is 0 Å². The summed E-state index contributed by atoms with van der Waals surface area (Å²) in [5, 5.41) is 5.33. The fourth-order valence-electron chi connectivity index (χ4n) is 1.40. The standard InChI is InChI=1S/C13H11Cl2N3/c1-9(10-5-7-16-8-6-10)17-18-13-11(14)3-2-4-12(13)15/h2-8,18H,1H3/b17-9-. The molecule has 0 saturated heterocycles. The molecule has 1 aromatic heterocycles. The molecular weight excluding hydrogens is 269 g/mol. The van der Waals surface area contributed by atoms with Crippen LogP contribution >= 0.6 is 23.2 Å². The Hall–Kier alpha value is -1.58. The minimum atomic E-state index is 0.536. The number of halogens is 2. The quantitative estimate of drug-likeness (QED) is 0.675. The molecule has 1 heterocycles. The number of benzene rings is 1. The van der Waals surface area contributed by atoms with Gasteiger partial charge in [0.1, 0.15) is 0 Å². The van der Waals surface area contributed by atoms with Gasteiger partial charge in [0.05, 0.1) is 21.4 Å². The van der Waals surface area contributed by atoms with E-state index in [1.54, 1.807) is 30.6 Å². The van der Waals surface area contributed by atoms with Crippen molar-refractivity contribution >= 4 is 34.6 Å². The molecule has 3 nitrogen and oxygen atoms in total. The Morgan fingerprint density at radius 3 is 2.33 bits per heavy atom. The summed E-state index contributed by atoms with van der Waals surface area (Å²) in [6, 6.07) is 9.07. The molecule has 0 atom stereocenters. The Labute approximate surface area is 115 Å². The van der Waals surface area contributed by atoms with Gasteiger partial charge in [0.15, 0.2) is 0 Å². The number of hydrogen-bond donors (Lipinski definition) is 1. The molecule has 0 radical (unpaired) electrons. The molecule has 0 amide bonds. The molecule has 1 N–H and O–H groups in total. The predicted octanol–water partition coefficient (Wildman–Crippen LogP) is 4.22. The van der Waals surface area contributed by atoms with Gasteiger partial charge in [-0.3, -0.25) is 10.4 Å². The van der Waals surface area contributed by atoms with Crippen LogP contribution in [0.1, 0.15) is 12.5 Å². The van der Waals surface area contributed by atoms with Gasteiger partial charge in [-0.25, -0.2) is 0 Å². The Morgan fingerprint density at radius 2 is 1.72 bits per heavy atom. The van der Waals surface area contributed by atoms with Gasteiger partial charge in [0.25, 0.3) is 0 Å². The van der Waals surface area contributed by atoms with E-state index >= 15 is 0 Å². The van der Waals surface area contributed by atoms with Crippen molar-refractivity contribution < 1.29 is 0 Å². The first-order chi connectivity index (χ1) is 8.68. The molecule has 0 aliphatic rings. The average Bonchev–Trinajstić information content (AvgIpc) is 2.39. The first-order valence-electron chi connectivity index (χ1n) is 5.33. The summed E-state index contributed by atoms with van der Waals surface area (Å²) >= 11 is 12.1. The van der Waals surface area contributed by atoms with Crippen molar-refractivity contribution in [1.29, 1.82) is 0 Å².